The first-order valence-electron chi connectivity index (χ1n) is 7.39. The number of fused-ring (bicyclic) bond motifs is 1. The third kappa shape index (κ3) is 2.62. The molecule has 1 fully saturated rings. The molecule has 0 aliphatic carbocycles. The third-order valence-electron chi connectivity index (χ3n) is 4.32. The lowest BCUT2D eigenvalue weighted by Gasteiger charge is -2.23. The van der Waals surface area contributed by atoms with Crippen LogP contribution in [0.4, 0.5) is 0 Å². The molecule has 0 aromatic heterocycles. The first-order valence-corrected chi connectivity index (χ1v) is 7.39. The second-order valence-corrected chi connectivity index (χ2v) is 5.67. The third-order valence-corrected chi connectivity index (χ3v) is 4.32. The van der Waals surface area contributed by atoms with Gasteiger partial charge in [0.15, 0.2) is 0 Å². The van der Waals surface area contributed by atoms with Gasteiger partial charge in [0.25, 0.3) is 11.8 Å². The number of carbonyl (C=O) groups excluding carboxylic acids is 2. The zero-order valence-electron chi connectivity index (χ0n) is 12.1. The fourth-order valence-electron chi connectivity index (χ4n) is 2.97. The Morgan fingerprint density at radius 1 is 1.18 bits per heavy atom. The van der Waals surface area contributed by atoms with Gasteiger partial charge in [-0.2, -0.15) is 0 Å². The van der Waals surface area contributed by atoms with Crippen LogP contribution in [0.5, 0.6) is 0 Å². The second kappa shape index (κ2) is 5.88. The van der Waals surface area contributed by atoms with Crippen LogP contribution in [-0.4, -0.2) is 47.5 Å². The number of carbonyl (C=O) groups is 3. The van der Waals surface area contributed by atoms with Gasteiger partial charge in [0.05, 0.1) is 16.7 Å². The van der Waals surface area contributed by atoms with Crippen LogP contribution in [-0.2, 0) is 4.74 Å². The number of benzene rings is 1. The van der Waals surface area contributed by atoms with Crippen molar-refractivity contribution >= 4 is 17.8 Å². The van der Waals surface area contributed by atoms with E-state index in [4.69, 9.17) is 9.84 Å². The number of hydrogen-bond donors (Lipinski definition) is 1. The van der Waals surface area contributed by atoms with Gasteiger partial charge in [-0.05, 0) is 43.4 Å². The molecule has 2 aliphatic rings. The predicted octanol–water partition coefficient (Wildman–Crippen LogP) is 1.80. The number of carboxylic acids is 1. The Kier molecular flexibility index (Phi) is 3.94. The van der Waals surface area contributed by atoms with Crippen LogP contribution in [0.15, 0.2) is 18.2 Å². The number of ether oxygens (including phenoxy) is 1. The molecule has 2 amide bonds. The molecule has 0 saturated carbocycles. The van der Waals surface area contributed by atoms with Gasteiger partial charge in [-0.15, -0.1) is 0 Å². The van der Waals surface area contributed by atoms with Gasteiger partial charge in [-0.3, -0.25) is 14.5 Å². The van der Waals surface area contributed by atoms with Crippen LogP contribution in [0.1, 0.15) is 50.3 Å². The minimum atomic E-state index is -1.11. The summed E-state index contributed by atoms with van der Waals surface area (Å²) in [6.45, 7) is 1.84. The molecule has 0 spiro atoms. The number of nitrogens with zero attached hydrogens (tertiary/aromatic N) is 1. The van der Waals surface area contributed by atoms with Gasteiger partial charge in [0, 0.05) is 19.8 Å². The molecular weight excluding hydrogens is 286 g/mol. The quantitative estimate of drug-likeness (QED) is 0.857. The van der Waals surface area contributed by atoms with Gasteiger partial charge in [-0.1, -0.05) is 0 Å². The molecule has 1 saturated heterocycles. The van der Waals surface area contributed by atoms with Crippen molar-refractivity contribution in [1.82, 2.24) is 4.90 Å². The molecule has 1 N–H and O–H groups in total. The lowest BCUT2D eigenvalue weighted by atomic mass is 9.96. The van der Waals surface area contributed by atoms with E-state index in [0.29, 0.717) is 18.0 Å². The van der Waals surface area contributed by atoms with E-state index in [0.717, 1.165) is 32.5 Å². The Balaban J connectivity index is 1.73. The molecule has 0 bridgehead atoms. The van der Waals surface area contributed by atoms with E-state index in [1.54, 1.807) is 0 Å². The summed E-state index contributed by atoms with van der Waals surface area (Å²) in [6.07, 6.45) is 2.67. The van der Waals surface area contributed by atoms with Crippen molar-refractivity contribution in [2.24, 2.45) is 5.92 Å². The maximum atomic E-state index is 12.3. The molecule has 0 radical (unpaired) electrons. The largest absolute Gasteiger partial charge is 0.478 e. The highest BCUT2D eigenvalue weighted by molar-refractivity contribution is 6.21. The van der Waals surface area contributed by atoms with Gasteiger partial charge < -0.3 is 9.84 Å². The van der Waals surface area contributed by atoms with E-state index < -0.39 is 11.9 Å². The van der Waals surface area contributed by atoms with E-state index in [-0.39, 0.29) is 17.0 Å². The highest BCUT2D eigenvalue weighted by Gasteiger charge is 2.36. The fourth-order valence-corrected chi connectivity index (χ4v) is 2.97. The molecule has 6 nitrogen and oxygen atoms in total. The standard InChI is InChI=1S/C16H17NO5/c18-14-12-2-1-11(16(20)21)9-13(12)15(19)17(14)6-3-10-4-7-22-8-5-10/h1-2,9-10H,3-8H2,(H,20,21). The molecule has 0 unspecified atom stereocenters. The van der Waals surface area contributed by atoms with E-state index in [1.807, 2.05) is 0 Å². The maximum Gasteiger partial charge on any atom is 0.335 e. The van der Waals surface area contributed by atoms with Crippen molar-refractivity contribution in [1.29, 1.82) is 0 Å². The molecule has 1 aromatic rings. The molecule has 22 heavy (non-hydrogen) atoms. The number of amides is 2. The Morgan fingerprint density at radius 2 is 1.86 bits per heavy atom. The van der Waals surface area contributed by atoms with Crippen LogP contribution in [0.3, 0.4) is 0 Å². The van der Waals surface area contributed by atoms with E-state index in [2.05, 4.69) is 0 Å². The minimum Gasteiger partial charge on any atom is -0.478 e. The van der Waals surface area contributed by atoms with Crippen LogP contribution >= 0.6 is 0 Å². The molecule has 116 valence electrons. The fraction of sp³-hybridized carbons (Fsp3) is 0.438. The molecule has 2 heterocycles. The van der Waals surface area contributed by atoms with E-state index >= 15 is 0 Å². The average Bonchev–Trinajstić information content (AvgIpc) is 2.77. The number of carboxylic acid groups (broad SMARTS) is 1. The minimum absolute atomic E-state index is 0.0196. The number of aromatic carboxylic acids is 1. The first-order chi connectivity index (χ1) is 10.6. The summed E-state index contributed by atoms with van der Waals surface area (Å²) in [5.74, 6) is -1.37. The molecule has 2 aliphatic heterocycles. The second-order valence-electron chi connectivity index (χ2n) is 5.67. The van der Waals surface area contributed by atoms with Gasteiger partial charge in [-0.25, -0.2) is 4.79 Å². The molecule has 6 heteroatoms. The van der Waals surface area contributed by atoms with Crippen molar-refractivity contribution in [2.45, 2.75) is 19.3 Å². The predicted molar refractivity (Wildman–Crippen MR) is 76.9 cm³/mol. The monoisotopic (exact) mass is 303 g/mol. The van der Waals surface area contributed by atoms with Crippen LogP contribution < -0.4 is 0 Å². The Hall–Kier alpha value is -2.21. The summed E-state index contributed by atoms with van der Waals surface area (Å²) >= 11 is 0. The van der Waals surface area contributed by atoms with E-state index in [1.165, 1.54) is 23.1 Å². The van der Waals surface area contributed by atoms with Crippen molar-refractivity contribution in [2.75, 3.05) is 19.8 Å². The van der Waals surface area contributed by atoms with Gasteiger partial charge in [0.2, 0.25) is 0 Å². The molecule has 1 aromatic carbocycles. The number of imide groups is 1. The first kappa shape index (κ1) is 14.7. The molecular formula is C16H17NO5. The summed E-state index contributed by atoms with van der Waals surface area (Å²) in [5.41, 5.74) is 0.505. The summed E-state index contributed by atoms with van der Waals surface area (Å²) in [6, 6.07) is 4.06. The summed E-state index contributed by atoms with van der Waals surface area (Å²) in [5, 5.41) is 8.99. The van der Waals surface area contributed by atoms with Gasteiger partial charge >= 0.3 is 5.97 Å². The van der Waals surface area contributed by atoms with Crippen molar-refractivity contribution in [3.63, 3.8) is 0 Å². The molecule has 3 rings (SSSR count). The Labute approximate surface area is 127 Å². The summed E-state index contributed by atoms with van der Waals surface area (Å²) in [4.78, 5) is 36.8. The lowest BCUT2D eigenvalue weighted by molar-refractivity contribution is 0.0536. The highest BCUT2D eigenvalue weighted by atomic mass is 16.5. The van der Waals surface area contributed by atoms with Crippen LogP contribution in [0.25, 0.3) is 0 Å². The Bertz CT molecular complexity index is 633. The average molecular weight is 303 g/mol. The van der Waals surface area contributed by atoms with Gasteiger partial charge in [0.1, 0.15) is 0 Å². The van der Waals surface area contributed by atoms with Crippen molar-refractivity contribution < 1.29 is 24.2 Å². The normalized spacial score (nSPS) is 18.6. The Morgan fingerprint density at radius 3 is 2.55 bits per heavy atom. The SMILES string of the molecule is O=C(O)c1ccc2c(c1)C(=O)N(CCC1CCOCC1)C2=O. The topological polar surface area (TPSA) is 83.9 Å². The van der Waals surface area contributed by atoms with Crippen LogP contribution in [0.2, 0.25) is 0 Å². The summed E-state index contributed by atoms with van der Waals surface area (Å²) < 4.78 is 5.30. The summed E-state index contributed by atoms with van der Waals surface area (Å²) in [7, 11) is 0. The number of hydrogen-bond acceptors (Lipinski definition) is 4. The van der Waals surface area contributed by atoms with Crippen LogP contribution in [0, 0.1) is 5.92 Å². The zero-order chi connectivity index (χ0) is 15.7. The van der Waals surface area contributed by atoms with E-state index in [9.17, 15) is 14.4 Å². The smallest absolute Gasteiger partial charge is 0.335 e. The highest BCUT2D eigenvalue weighted by Crippen LogP contribution is 2.26. The maximum absolute atomic E-state index is 12.3. The molecule has 0 atom stereocenters. The number of rotatable bonds is 4. The van der Waals surface area contributed by atoms with Crippen molar-refractivity contribution in [3.8, 4) is 0 Å². The lowest BCUT2D eigenvalue weighted by Crippen LogP contribution is -2.32. The zero-order valence-corrected chi connectivity index (χ0v) is 12.1. The van der Waals surface area contributed by atoms with Crippen molar-refractivity contribution in [3.05, 3.63) is 34.9 Å².